The molecule has 0 spiro atoms. The number of piperidine rings is 1. The van der Waals surface area contributed by atoms with Crippen LogP contribution in [-0.4, -0.2) is 42.7 Å². The van der Waals surface area contributed by atoms with Gasteiger partial charge in [0.15, 0.2) is 5.78 Å². The maximum atomic E-state index is 12.8. The predicted octanol–water partition coefficient (Wildman–Crippen LogP) is 3.32. The van der Waals surface area contributed by atoms with Crippen molar-refractivity contribution in [2.75, 3.05) is 25.5 Å². The second kappa shape index (κ2) is 9.37. The summed E-state index contributed by atoms with van der Waals surface area (Å²) in [5.41, 5.74) is 2.05. The molecule has 0 saturated carbocycles. The van der Waals surface area contributed by atoms with Gasteiger partial charge in [0.1, 0.15) is 5.75 Å². The number of amides is 2. The van der Waals surface area contributed by atoms with E-state index in [0.29, 0.717) is 42.8 Å². The van der Waals surface area contributed by atoms with Crippen molar-refractivity contribution in [3.05, 3.63) is 59.7 Å². The molecule has 2 amide bonds. The fourth-order valence-corrected chi connectivity index (χ4v) is 3.57. The van der Waals surface area contributed by atoms with E-state index in [9.17, 15) is 14.4 Å². The number of ketones is 1. The first-order chi connectivity index (χ1) is 14.0. The molecule has 0 bridgehead atoms. The number of carbonyl (C=O) groups is 3. The largest absolute Gasteiger partial charge is 0.496 e. The number of hydrogen-bond acceptors (Lipinski definition) is 4. The fraction of sp³-hybridized carbons (Fsp3) is 0.348. The van der Waals surface area contributed by atoms with E-state index < -0.39 is 0 Å². The molecule has 1 heterocycles. The van der Waals surface area contributed by atoms with E-state index in [2.05, 4.69) is 5.32 Å². The van der Waals surface area contributed by atoms with Gasteiger partial charge in [0, 0.05) is 35.8 Å². The third kappa shape index (κ3) is 5.22. The molecule has 1 N–H and O–H groups in total. The Hall–Kier alpha value is -3.15. The van der Waals surface area contributed by atoms with Gasteiger partial charge in [-0.15, -0.1) is 0 Å². The number of nitrogens with one attached hydrogen (secondary N) is 1. The van der Waals surface area contributed by atoms with Crippen LogP contribution in [0.2, 0.25) is 0 Å². The van der Waals surface area contributed by atoms with Crippen molar-refractivity contribution in [1.82, 2.24) is 4.90 Å². The minimum Gasteiger partial charge on any atom is -0.496 e. The van der Waals surface area contributed by atoms with Crippen LogP contribution in [-0.2, 0) is 16.0 Å². The Labute approximate surface area is 170 Å². The summed E-state index contributed by atoms with van der Waals surface area (Å²) < 4.78 is 5.34. The summed E-state index contributed by atoms with van der Waals surface area (Å²) in [4.78, 5) is 38.7. The Kier molecular flexibility index (Phi) is 6.65. The highest BCUT2D eigenvalue weighted by Gasteiger charge is 2.27. The molecular weight excluding hydrogens is 368 g/mol. The van der Waals surface area contributed by atoms with Crippen LogP contribution < -0.4 is 10.1 Å². The molecule has 0 radical (unpaired) electrons. The van der Waals surface area contributed by atoms with Crippen LogP contribution in [0.4, 0.5) is 5.69 Å². The highest BCUT2D eigenvalue weighted by atomic mass is 16.5. The van der Waals surface area contributed by atoms with Gasteiger partial charge in [0.2, 0.25) is 11.8 Å². The topological polar surface area (TPSA) is 75.7 Å². The minimum atomic E-state index is -0.102. The first kappa shape index (κ1) is 20.6. The van der Waals surface area contributed by atoms with Crippen LogP contribution >= 0.6 is 0 Å². The number of ether oxygens (including phenoxy) is 1. The summed E-state index contributed by atoms with van der Waals surface area (Å²) in [7, 11) is 1.55. The van der Waals surface area contributed by atoms with Gasteiger partial charge in [-0.25, -0.2) is 0 Å². The van der Waals surface area contributed by atoms with Crippen LogP contribution in [0.3, 0.4) is 0 Å². The lowest BCUT2D eigenvalue weighted by Gasteiger charge is -2.31. The maximum Gasteiger partial charge on any atom is 0.227 e. The van der Waals surface area contributed by atoms with Crippen LogP contribution in [0.5, 0.6) is 5.75 Å². The molecule has 2 aromatic carbocycles. The quantitative estimate of drug-likeness (QED) is 0.763. The molecule has 0 aromatic heterocycles. The molecular formula is C23H26N2O4. The lowest BCUT2D eigenvalue weighted by atomic mass is 9.95. The van der Waals surface area contributed by atoms with Gasteiger partial charge in [-0.1, -0.05) is 18.2 Å². The molecule has 152 valence electrons. The van der Waals surface area contributed by atoms with Crippen molar-refractivity contribution in [2.45, 2.75) is 26.2 Å². The van der Waals surface area contributed by atoms with Crippen LogP contribution in [0.25, 0.3) is 0 Å². The molecule has 0 unspecified atom stereocenters. The average Bonchev–Trinajstić information content (AvgIpc) is 2.74. The number of rotatable bonds is 6. The number of nitrogens with zero attached hydrogens (tertiary/aromatic N) is 1. The predicted molar refractivity (Wildman–Crippen MR) is 111 cm³/mol. The highest BCUT2D eigenvalue weighted by Crippen LogP contribution is 2.24. The van der Waals surface area contributed by atoms with Crippen molar-refractivity contribution >= 4 is 23.3 Å². The number of carbonyl (C=O) groups excluding carboxylic acids is 3. The monoisotopic (exact) mass is 394 g/mol. The first-order valence-electron chi connectivity index (χ1n) is 9.79. The maximum absolute atomic E-state index is 12.8. The second-order valence-electron chi connectivity index (χ2n) is 7.27. The lowest BCUT2D eigenvalue weighted by molar-refractivity contribution is -0.133. The van der Waals surface area contributed by atoms with Gasteiger partial charge in [-0.2, -0.15) is 0 Å². The molecule has 3 rings (SSSR count). The van der Waals surface area contributed by atoms with Gasteiger partial charge in [-0.05, 0) is 50.1 Å². The normalized spacial score (nSPS) is 14.3. The summed E-state index contributed by atoms with van der Waals surface area (Å²) in [6, 6.07) is 14.5. The summed E-state index contributed by atoms with van der Waals surface area (Å²) in [6.07, 6.45) is 1.44. The second-order valence-corrected chi connectivity index (χ2v) is 7.27. The average molecular weight is 394 g/mol. The van der Waals surface area contributed by atoms with Crippen molar-refractivity contribution in [3.8, 4) is 5.75 Å². The Bertz CT molecular complexity index is 887. The molecule has 6 heteroatoms. The molecule has 1 fully saturated rings. The van der Waals surface area contributed by atoms with E-state index in [-0.39, 0.29) is 29.9 Å². The SMILES string of the molecule is COc1ccc(C(C)=O)cc1CC(=O)N1CCC(C(=O)Nc2ccccc2)CC1. The van der Waals surface area contributed by atoms with Gasteiger partial charge in [0.05, 0.1) is 13.5 Å². The van der Waals surface area contributed by atoms with E-state index in [4.69, 9.17) is 4.74 Å². The van der Waals surface area contributed by atoms with E-state index in [0.717, 1.165) is 5.69 Å². The fourth-order valence-electron chi connectivity index (χ4n) is 3.57. The van der Waals surface area contributed by atoms with Gasteiger partial charge in [-0.3, -0.25) is 14.4 Å². The third-order valence-electron chi connectivity index (χ3n) is 5.29. The van der Waals surface area contributed by atoms with Crippen molar-refractivity contribution in [2.24, 2.45) is 5.92 Å². The van der Waals surface area contributed by atoms with E-state index in [1.54, 1.807) is 30.2 Å². The molecule has 2 aromatic rings. The van der Waals surface area contributed by atoms with Gasteiger partial charge < -0.3 is 15.0 Å². The third-order valence-corrected chi connectivity index (χ3v) is 5.29. The zero-order valence-electron chi connectivity index (χ0n) is 16.8. The molecule has 1 aliphatic heterocycles. The summed E-state index contributed by atoms with van der Waals surface area (Å²) in [6.45, 7) is 2.58. The number of hydrogen-bond donors (Lipinski definition) is 1. The number of Topliss-reactive ketones (excluding diaryl/α,β-unsaturated/α-hetero) is 1. The van der Waals surface area contributed by atoms with Crippen molar-refractivity contribution in [1.29, 1.82) is 0 Å². The Morgan fingerprint density at radius 1 is 1.07 bits per heavy atom. The standard InChI is InChI=1S/C23H26N2O4/c1-16(26)18-8-9-21(29-2)19(14-18)15-22(27)25-12-10-17(11-13-25)23(28)24-20-6-4-3-5-7-20/h3-9,14,17H,10-13,15H2,1-2H3,(H,24,28). The van der Waals surface area contributed by atoms with Crippen LogP contribution in [0, 0.1) is 5.92 Å². The number of para-hydroxylation sites is 1. The number of anilines is 1. The zero-order valence-corrected chi connectivity index (χ0v) is 16.8. The molecule has 0 atom stereocenters. The number of likely N-dealkylation sites (tertiary alicyclic amines) is 1. The van der Waals surface area contributed by atoms with Gasteiger partial charge >= 0.3 is 0 Å². The number of benzene rings is 2. The Morgan fingerprint density at radius 3 is 2.38 bits per heavy atom. The molecule has 29 heavy (non-hydrogen) atoms. The first-order valence-corrected chi connectivity index (χ1v) is 9.79. The summed E-state index contributed by atoms with van der Waals surface area (Å²) in [5.74, 6) is 0.423. The van der Waals surface area contributed by atoms with E-state index >= 15 is 0 Å². The summed E-state index contributed by atoms with van der Waals surface area (Å²) in [5, 5.41) is 2.94. The smallest absolute Gasteiger partial charge is 0.227 e. The van der Waals surface area contributed by atoms with Crippen LogP contribution in [0.1, 0.15) is 35.7 Å². The Morgan fingerprint density at radius 2 is 1.76 bits per heavy atom. The highest BCUT2D eigenvalue weighted by molar-refractivity contribution is 5.95. The van der Waals surface area contributed by atoms with E-state index in [1.807, 2.05) is 30.3 Å². The van der Waals surface area contributed by atoms with Crippen LogP contribution in [0.15, 0.2) is 48.5 Å². The van der Waals surface area contributed by atoms with Gasteiger partial charge in [0.25, 0.3) is 0 Å². The molecule has 1 aliphatic rings. The summed E-state index contributed by atoms with van der Waals surface area (Å²) >= 11 is 0. The molecule has 6 nitrogen and oxygen atoms in total. The lowest BCUT2D eigenvalue weighted by Crippen LogP contribution is -2.42. The molecule has 1 saturated heterocycles. The number of methoxy groups -OCH3 is 1. The van der Waals surface area contributed by atoms with E-state index in [1.165, 1.54) is 6.92 Å². The zero-order chi connectivity index (χ0) is 20.8. The minimum absolute atomic E-state index is 0.000808. The Balaban J connectivity index is 1.57. The van der Waals surface area contributed by atoms with Crippen molar-refractivity contribution < 1.29 is 19.1 Å². The van der Waals surface area contributed by atoms with Crippen molar-refractivity contribution in [3.63, 3.8) is 0 Å². The molecule has 0 aliphatic carbocycles.